The molecule has 2 atom stereocenters. The number of hydrogen-bond acceptors (Lipinski definition) is 3. The highest BCUT2D eigenvalue weighted by Crippen LogP contribution is 2.29. The number of carbonyl (C=O) groups excluding carboxylic acids is 2. The Morgan fingerprint density at radius 3 is 2.18 bits per heavy atom. The first-order valence-corrected chi connectivity index (χ1v) is 14.1. The van der Waals surface area contributed by atoms with Crippen LogP contribution >= 0.6 is 39.1 Å². The van der Waals surface area contributed by atoms with Gasteiger partial charge in [0.1, 0.15) is 11.8 Å². The van der Waals surface area contributed by atoms with Crippen molar-refractivity contribution in [3.63, 3.8) is 0 Å². The maximum atomic E-state index is 13.8. The van der Waals surface area contributed by atoms with Crippen LogP contribution in [0.25, 0.3) is 0 Å². The summed E-state index contributed by atoms with van der Waals surface area (Å²) in [6.45, 7) is 7.68. The second-order valence-electron chi connectivity index (χ2n) is 9.40. The van der Waals surface area contributed by atoms with Gasteiger partial charge in [-0.1, -0.05) is 82.5 Å². The van der Waals surface area contributed by atoms with Gasteiger partial charge in [0.05, 0.1) is 0 Å². The second kappa shape index (κ2) is 14.0. The van der Waals surface area contributed by atoms with Gasteiger partial charge >= 0.3 is 0 Å². The Bertz CT molecular complexity index is 1230. The summed E-state index contributed by atoms with van der Waals surface area (Å²) >= 11 is 16.5. The van der Waals surface area contributed by atoms with Crippen molar-refractivity contribution < 1.29 is 14.3 Å². The quantitative estimate of drug-likeness (QED) is 0.245. The predicted octanol–water partition coefficient (Wildman–Crippen LogP) is 7.31. The molecule has 0 heterocycles. The first kappa shape index (κ1) is 30.0. The summed E-state index contributed by atoms with van der Waals surface area (Å²) in [7, 11) is 0. The standard InChI is InChI=1S/C30H33BrCl2N2O3/c1-5-21(4)34-30(37)27(16-22-10-7-6-8-11-22)35(17-24-25(32)12-9-13-26(24)33)28(36)18-38-23-14-19(2)29(31)20(3)15-23/h6-15,21,27H,5,16-18H2,1-4H3,(H,34,37)/t21-,27+/m1/s1. The van der Waals surface area contributed by atoms with E-state index in [0.717, 1.165) is 27.6 Å². The van der Waals surface area contributed by atoms with Crippen molar-refractivity contribution in [2.45, 2.75) is 59.2 Å². The lowest BCUT2D eigenvalue weighted by atomic mass is 10.0. The lowest BCUT2D eigenvalue weighted by molar-refractivity contribution is -0.143. The Morgan fingerprint density at radius 2 is 1.61 bits per heavy atom. The molecule has 8 heteroatoms. The van der Waals surface area contributed by atoms with Crippen molar-refractivity contribution in [2.24, 2.45) is 0 Å². The lowest BCUT2D eigenvalue weighted by Crippen LogP contribution is -2.53. The number of amides is 2. The molecule has 0 spiro atoms. The fourth-order valence-corrected chi connectivity index (χ4v) is 4.81. The second-order valence-corrected chi connectivity index (χ2v) is 11.0. The summed E-state index contributed by atoms with van der Waals surface area (Å²) < 4.78 is 6.93. The van der Waals surface area contributed by atoms with Crippen molar-refractivity contribution in [1.29, 1.82) is 0 Å². The van der Waals surface area contributed by atoms with Crippen molar-refractivity contribution in [2.75, 3.05) is 6.61 Å². The van der Waals surface area contributed by atoms with Crippen LogP contribution < -0.4 is 10.1 Å². The summed E-state index contributed by atoms with van der Waals surface area (Å²) in [5.74, 6) is -0.00885. The molecular formula is C30H33BrCl2N2O3. The van der Waals surface area contributed by atoms with Crippen molar-refractivity contribution in [3.05, 3.63) is 97.4 Å². The number of ether oxygens (including phenoxy) is 1. The molecule has 202 valence electrons. The molecule has 3 aromatic carbocycles. The summed E-state index contributed by atoms with van der Waals surface area (Å²) in [5, 5.41) is 3.90. The van der Waals surface area contributed by atoms with E-state index in [1.807, 2.05) is 70.2 Å². The highest BCUT2D eigenvalue weighted by molar-refractivity contribution is 9.10. The zero-order valence-electron chi connectivity index (χ0n) is 22.1. The molecule has 3 rings (SSSR count). The molecule has 0 saturated carbocycles. The van der Waals surface area contributed by atoms with Crippen LogP contribution in [0, 0.1) is 13.8 Å². The third-order valence-corrected chi connectivity index (χ3v) is 8.39. The van der Waals surface area contributed by atoms with Crippen LogP contribution in [0.2, 0.25) is 10.0 Å². The first-order chi connectivity index (χ1) is 18.1. The van der Waals surface area contributed by atoms with Crippen LogP contribution in [0.1, 0.15) is 42.5 Å². The lowest BCUT2D eigenvalue weighted by Gasteiger charge is -2.32. The molecule has 3 aromatic rings. The fourth-order valence-electron chi connectivity index (χ4n) is 4.07. The first-order valence-electron chi connectivity index (χ1n) is 12.6. The summed E-state index contributed by atoms with van der Waals surface area (Å²) in [6, 6.07) is 17.7. The maximum Gasteiger partial charge on any atom is 0.261 e. The molecular weight excluding hydrogens is 587 g/mol. The van der Waals surface area contributed by atoms with E-state index in [0.29, 0.717) is 27.8 Å². The topological polar surface area (TPSA) is 58.6 Å². The molecule has 0 fully saturated rings. The number of hydrogen-bond donors (Lipinski definition) is 1. The number of carbonyl (C=O) groups is 2. The Morgan fingerprint density at radius 1 is 1.00 bits per heavy atom. The molecule has 0 aliphatic rings. The van der Waals surface area contributed by atoms with E-state index >= 15 is 0 Å². The molecule has 0 radical (unpaired) electrons. The van der Waals surface area contributed by atoms with Gasteiger partial charge in [-0.2, -0.15) is 0 Å². The summed E-state index contributed by atoms with van der Waals surface area (Å²) in [5.41, 5.74) is 3.51. The Kier molecular flexibility index (Phi) is 11.1. The SMILES string of the molecule is CC[C@@H](C)NC(=O)[C@H](Cc1ccccc1)N(Cc1c(Cl)cccc1Cl)C(=O)COc1cc(C)c(Br)c(C)c1. The third-order valence-electron chi connectivity index (χ3n) is 6.43. The molecule has 0 aromatic heterocycles. The largest absolute Gasteiger partial charge is 0.484 e. The average molecular weight is 620 g/mol. The molecule has 0 aliphatic carbocycles. The Balaban J connectivity index is 1.98. The number of nitrogens with zero attached hydrogens (tertiary/aromatic N) is 1. The van der Waals surface area contributed by atoms with Gasteiger partial charge in [-0.25, -0.2) is 0 Å². The van der Waals surface area contributed by atoms with Gasteiger partial charge in [0.2, 0.25) is 5.91 Å². The van der Waals surface area contributed by atoms with Crippen LogP contribution in [0.3, 0.4) is 0 Å². The van der Waals surface area contributed by atoms with E-state index in [2.05, 4.69) is 21.2 Å². The van der Waals surface area contributed by atoms with E-state index in [1.165, 1.54) is 4.90 Å². The van der Waals surface area contributed by atoms with Gasteiger partial charge in [0.15, 0.2) is 6.61 Å². The van der Waals surface area contributed by atoms with Gasteiger partial charge in [-0.15, -0.1) is 0 Å². The van der Waals surface area contributed by atoms with Crippen LogP contribution in [-0.2, 0) is 22.6 Å². The minimum Gasteiger partial charge on any atom is -0.484 e. The Labute approximate surface area is 243 Å². The number of halogens is 3. The van der Waals surface area contributed by atoms with E-state index in [-0.39, 0.29) is 31.0 Å². The van der Waals surface area contributed by atoms with Crippen LogP contribution in [0.15, 0.2) is 65.1 Å². The highest BCUT2D eigenvalue weighted by Gasteiger charge is 2.32. The summed E-state index contributed by atoms with van der Waals surface area (Å²) in [4.78, 5) is 28.9. The van der Waals surface area contributed by atoms with E-state index in [9.17, 15) is 9.59 Å². The number of rotatable bonds is 11. The smallest absolute Gasteiger partial charge is 0.261 e. The van der Waals surface area contributed by atoms with Crippen molar-refractivity contribution in [3.8, 4) is 5.75 Å². The molecule has 2 amide bonds. The molecule has 5 nitrogen and oxygen atoms in total. The summed E-state index contributed by atoms with van der Waals surface area (Å²) in [6.07, 6.45) is 1.09. The number of aryl methyl sites for hydroxylation is 2. The predicted molar refractivity (Wildman–Crippen MR) is 158 cm³/mol. The Hall–Kier alpha value is -2.54. The monoisotopic (exact) mass is 618 g/mol. The average Bonchev–Trinajstić information content (AvgIpc) is 2.89. The van der Waals surface area contributed by atoms with E-state index in [4.69, 9.17) is 27.9 Å². The van der Waals surface area contributed by atoms with Crippen LogP contribution in [0.5, 0.6) is 5.75 Å². The maximum absolute atomic E-state index is 13.8. The molecule has 0 bridgehead atoms. The van der Waals surface area contributed by atoms with Gasteiger partial charge in [-0.05, 0) is 68.1 Å². The minimum absolute atomic E-state index is 0.0495. The van der Waals surface area contributed by atoms with Gasteiger partial charge in [0.25, 0.3) is 5.91 Å². The van der Waals surface area contributed by atoms with Gasteiger partial charge in [0, 0.05) is 39.1 Å². The number of benzene rings is 3. The molecule has 0 saturated heterocycles. The zero-order chi connectivity index (χ0) is 27.8. The van der Waals surface area contributed by atoms with Crippen LogP contribution in [-0.4, -0.2) is 35.4 Å². The van der Waals surface area contributed by atoms with Crippen LogP contribution in [0.4, 0.5) is 0 Å². The van der Waals surface area contributed by atoms with E-state index < -0.39 is 6.04 Å². The molecule has 0 unspecified atom stereocenters. The minimum atomic E-state index is -0.803. The molecule has 38 heavy (non-hydrogen) atoms. The number of nitrogens with one attached hydrogen (secondary N) is 1. The van der Waals surface area contributed by atoms with Gasteiger partial charge in [-0.3, -0.25) is 9.59 Å². The normalized spacial score (nSPS) is 12.5. The molecule has 0 aliphatic heterocycles. The fraction of sp³-hybridized carbons (Fsp3) is 0.333. The zero-order valence-corrected chi connectivity index (χ0v) is 25.2. The van der Waals surface area contributed by atoms with Crippen molar-refractivity contribution in [1.82, 2.24) is 10.2 Å². The third kappa shape index (κ3) is 7.98. The van der Waals surface area contributed by atoms with Crippen molar-refractivity contribution >= 4 is 50.9 Å². The van der Waals surface area contributed by atoms with Gasteiger partial charge < -0.3 is 15.0 Å². The van der Waals surface area contributed by atoms with E-state index in [1.54, 1.807) is 18.2 Å². The highest BCUT2D eigenvalue weighted by atomic mass is 79.9. The molecule has 1 N–H and O–H groups in total.